The molecule has 0 aliphatic heterocycles. The first-order chi connectivity index (χ1) is 21.7. The van der Waals surface area contributed by atoms with Gasteiger partial charge in [-0.2, -0.15) is 5.01 Å². The van der Waals surface area contributed by atoms with Gasteiger partial charge in [-0.05, 0) is 85.0 Å². The number of carbonyl (C=O) groups is 5. The van der Waals surface area contributed by atoms with Crippen molar-refractivity contribution in [3.8, 4) is 5.75 Å². The van der Waals surface area contributed by atoms with E-state index in [9.17, 15) is 44.2 Å². The summed E-state index contributed by atoms with van der Waals surface area (Å²) in [5, 5.41) is 41.6. The Morgan fingerprint density at radius 3 is 2.48 bits per heavy atom. The lowest BCUT2D eigenvalue weighted by Gasteiger charge is -2.49. The van der Waals surface area contributed by atoms with Gasteiger partial charge in [0.15, 0.2) is 6.10 Å². The fourth-order valence-corrected chi connectivity index (χ4v) is 7.12. The normalized spacial score (nSPS) is 25.3. The molecule has 0 bridgehead atoms. The van der Waals surface area contributed by atoms with E-state index in [0.29, 0.717) is 11.2 Å². The van der Waals surface area contributed by atoms with Gasteiger partial charge in [0.25, 0.3) is 0 Å². The van der Waals surface area contributed by atoms with Crippen molar-refractivity contribution in [1.29, 1.82) is 0 Å². The lowest BCUT2D eigenvalue weighted by Crippen LogP contribution is -2.55. The summed E-state index contributed by atoms with van der Waals surface area (Å²) in [6, 6.07) is 3.37. The Hall–Kier alpha value is -3.95. The highest BCUT2D eigenvalue weighted by atomic mass is 16.6. The van der Waals surface area contributed by atoms with Crippen LogP contribution in [-0.4, -0.2) is 93.7 Å². The third-order valence-electron chi connectivity index (χ3n) is 9.44. The molecule has 15 heteroatoms. The molecule has 3 aliphatic carbocycles. The SMILES string of the molecule is CC(=O)Oc1ccc2c(c1)CC[C@@H]1[C@@H]2CC[C@]2(C)CCC[C@@H]12.CN(N=O)C(=O)N[C@@H](C=O)[C@@H](O)[C@H](O)[C@H](O)C(=O)OCCC(=O)O. The number of nitrogens with zero attached hydrogens (tertiary/aromatic N) is 2. The topological polar surface area (TPSA) is 229 Å². The van der Waals surface area contributed by atoms with E-state index in [1.807, 2.05) is 11.4 Å². The molecule has 0 aromatic heterocycles. The van der Waals surface area contributed by atoms with Crippen LogP contribution < -0.4 is 10.1 Å². The number of esters is 2. The summed E-state index contributed by atoms with van der Waals surface area (Å²) in [7, 11) is 0.946. The third-order valence-corrected chi connectivity index (χ3v) is 9.44. The molecule has 8 atom stereocenters. The Kier molecular flexibility index (Phi) is 12.7. The van der Waals surface area contributed by atoms with Crippen molar-refractivity contribution in [3.05, 3.63) is 34.2 Å². The number of hydrogen-bond donors (Lipinski definition) is 5. The quantitative estimate of drug-likeness (QED) is 0.0760. The predicted octanol–water partition coefficient (Wildman–Crippen LogP) is 1.84. The number of carboxylic acid groups (broad SMARTS) is 1. The molecule has 5 N–H and O–H groups in total. The summed E-state index contributed by atoms with van der Waals surface area (Å²) in [5.41, 5.74) is 3.58. The zero-order valence-corrected chi connectivity index (χ0v) is 26.2. The van der Waals surface area contributed by atoms with Gasteiger partial charge in [-0.1, -0.05) is 19.4 Å². The van der Waals surface area contributed by atoms with Crippen LogP contribution in [-0.2, 0) is 30.3 Å². The summed E-state index contributed by atoms with van der Waals surface area (Å²) in [6.07, 6.45) is 2.29. The van der Waals surface area contributed by atoms with E-state index in [2.05, 4.69) is 29.1 Å². The Labute approximate surface area is 266 Å². The van der Waals surface area contributed by atoms with Gasteiger partial charge in [0.2, 0.25) is 0 Å². The van der Waals surface area contributed by atoms with Gasteiger partial charge in [0.1, 0.15) is 36.9 Å². The zero-order valence-electron chi connectivity index (χ0n) is 26.2. The van der Waals surface area contributed by atoms with E-state index < -0.39 is 55.4 Å². The maximum atomic E-state index is 11.4. The van der Waals surface area contributed by atoms with Crippen LogP contribution in [0.4, 0.5) is 4.79 Å². The van der Waals surface area contributed by atoms with E-state index in [0.717, 1.165) is 31.2 Å². The maximum absolute atomic E-state index is 11.4. The molecule has 2 fully saturated rings. The maximum Gasteiger partial charge on any atom is 0.340 e. The highest BCUT2D eigenvalue weighted by Crippen LogP contribution is 2.60. The van der Waals surface area contributed by atoms with Gasteiger partial charge < -0.3 is 40.0 Å². The first-order valence-corrected chi connectivity index (χ1v) is 15.3. The number of urea groups is 1. The Morgan fingerprint density at radius 1 is 1.13 bits per heavy atom. The molecule has 46 heavy (non-hydrogen) atoms. The van der Waals surface area contributed by atoms with Crippen LogP contribution in [0.3, 0.4) is 0 Å². The number of fused-ring (bicyclic) bond motifs is 5. The Morgan fingerprint density at radius 2 is 1.85 bits per heavy atom. The molecule has 0 saturated heterocycles. The second kappa shape index (κ2) is 16.1. The van der Waals surface area contributed by atoms with Crippen LogP contribution in [0.2, 0.25) is 0 Å². The third kappa shape index (κ3) is 8.85. The second-order valence-electron chi connectivity index (χ2n) is 12.4. The number of nitroso groups, excluding NO2 is 1. The van der Waals surface area contributed by atoms with E-state index in [4.69, 9.17) is 9.84 Å². The van der Waals surface area contributed by atoms with Gasteiger partial charge in [0, 0.05) is 14.0 Å². The highest BCUT2D eigenvalue weighted by molar-refractivity contribution is 5.79. The summed E-state index contributed by atoms with van der Waals surface area (Å²) < 4.78 is 9.62. The zero-order chi connectivity index (χ0) is 34.2. The van der Waals surface area contributed by atoms with Gasteiger partial charge in [-0.3, -0.25) is 9.59 Å². The monoisotopic (exact) mass is 649 g/mol. The average molecular weight is 650 g/mol. The molecule has 3 aliphatic rings. The number of ether oxygens (including phenoxy) is 2. The fourth-order valence-electron chi connectivity index (χ4n) is 7.12. The number of carbonyl (C=O) groups excluding carboxylic acids is 4. The van der Waals surface area contributed by atoms with Crippen LogP contribution >= 0.6 is 0 Å². The lowest BCUT2D eigenvalue weighted by atomic mass is 9.56. The van der Waals surface area contributed by atoms with Crippen molar-refractivity contribution in [1.82, 2.24) is 10.3 Å². The summed E-state index contributed by atoms with van der Waals surface area (Å²) in [4.78, 5) is 65.1. The van der Waals surface area contributed by atoms with Crippen LogP contribution in [0.25, 0.3) is 0 Å². The number of hydrogen-bond acceptors (Lipinski definition) is 12. The smallest absolute Gasteiger partial charge is 0.340 e. The number of carboxylic acids is 1. The van der Waals surface area contributed by atoms with Crippen LogP contribution in [0.1, 0.15) is 75.8 Å². The number of aliphatic hydroxyl groups is 3. The number of aryl methyl sites for hydroxylation is 1. The van der Waals surface area contributed by atoms with Gasteiger partial charge in [-0.25, -0.2) is 9.59 Å². The van der Waals surface area contributed by atoms with Crippen molar-refractivity contribution in [2.75, 3.05) is 13.7 Å². The molecule has 1 aromatic rings. The molecular formula is C31H43N3O12. The van der Waals surface area contributed by atoms with Crippen molar-refractivity contribution in [2.45, 2.75) is 95.5 Å². The second-order valence-corrected chi connectivity index (χ2v) is 12.4. The van der Waals surface area contributed by atoms with Gasteiger partial charge in [0.05, 0.1) is 11.7 Å². The Bertz CT molecular complexity index is 1290. The summed E-state index contributed by atoms with van der Waals surface area (Å²) >= 11 is 0. The number of aliphatic hydroxyl groups excluding tert-OH is 3. The number of rotatable bonds is 11. The standard InChI is InChI=1S/C20H26O2.C11H17N3O10/c1-13(21)22-15-6-8-16-14(12-15)5-7-18-17(16)9-11-20(2)10-3-4-19(18)20;1-14(13-23)11(22)12-5(4-15)7(18)8(19)9(20)10(21)24-3-2-6(16)17/h6,8,12,17-19H,3-5,7,9-11H2,1-2H3;4-5,7-9,18-20H,2-3H2,1H3,(H,12,22)(H,16,17)/t17-,18-,19+,20+;5-,7+,8-,9-/m10/s1. The molecule has 2 saturated carbocycles. The van der Waals surface area contributed by atoms with E-state index in [1.54, 1.807) is 5.56 Å². The van der Waals surface area contributed by atoms with Crippen molar-refractivity contribution in [3.63, 3.8) is 0 Å². The summed E-state index contributed by atoms with van der Waals surface area (Å²) in [6.45, 7) is 3.43. The predicted molar refractivity (Wildman–Crippen MR) is 160 cm³/mol. The number of amides is 2. The average Bonchev–Trinajstić information content (AvgIpc) is 3.43. The van der Waals surface area contributed by atoms with Crippen LogP contribution in [0.15, 0.2) is 23.5 Å². The minimum absolute atomic E-state index is 0.00703. The summed E-state index contributed by atoms with van der Waals surface area (Å²) in [5.74, 6) is 0.339. The van der Waals surface area contributed by atoms with Crippen LogP contribution in [0.5, 0.6) is 5.75 Å². The fraction of sp³-hybridized carbons (Fsp3) is 0.645. The molecule has 0 unspecified atom stereocenters. The molecular weight excluding hydrogens is 606 g/mol. The van der Waals surface area contributed by atoms with Gasteiger partial charge >= 0.3 is 23.9 Å². The largest absolute Gasteiger partial charge is 0.481 e. The molecule has 1 aromatic carbocycles. The van der Waals surface area contributed by atoms with E-state index in [-0.39, 0.29) is 17.3 Å². The van der Waals surface area contributed by atoms with Crippen LogP contribution in [0, 0.1) is 22.2 Å². The minimum atomic E-state index is -2.31. The Balaban J connectivity index is 0.000000250. The molecule has 0 spiro atoms. The lowest BCUT2D eigenvalue weighted by molar-refractivity contribution is -0.166. The van der Waals surface area contributed by atoms with Crippen molar-refractivity contribution in [2.24, 2.45) is 22.5 Å². The number of benzene rings is 1. The minimum Gasteiger partial charge on any atom is -0.481 e. The van der Waals surface area contributed by atoms with Crippen molar-refractivity contribution >= 4 is 30.2 Å². The number of nitrogens with one attached hydrogen (secondary N) is 1. The molecule has 0 heterocycles. The highest BCUT2D eigenvalue weighted by Gasteiger charge is 2.50. The molecule has 0 radical (unpaired) electrons. The first-order valence-electron chi connectivity index (χ1n) is 15.3. The number of aliphatic carboxylic acids is 1. The van der Waals surface area contributed by atoms with Crippen molar-refractivity contribution < 1.29 is 53.9 Å². The molecule has 15 nitrogen and oxygen atoms in total. The van der Waals surface area contributed by atoms with Gasteiger partial charge in [-0.15, -0.1) is 4.91 Å². The first kappa shape index (κ1) is 36.5. The molecule has 4 rings (SSSR count). The van der Waals surface area contributed by atoms with E-state index >= 15 is 0 Å². The number of aldehydes is 1. The molecule has 254 valence electrons. The van der Waals surface area contributed by atoms with E-state index in [1.165, 1.54) is 51.0 Å². The molecule has 2 amide bonds.